The molecule has 0 aliphatic heterocycles. The molecule has 0 unspecified atom stereocenters. The first-order valence-corrected chi connectivity index (χ1v) is 4.70. The summed E-state index contributed by atoms with van der Waals surface area (Å²) in [6.07, 6.45) is 1.24. The van der Waals surface area contributed by atoms with Crippen LogP contribution in [0.2, 0.25) is 5.02 Å². The van der Waals surface area contributed by atoms with E-state index >= 15 is 0 Å². The summed E-state index contributed by atoms with van der Waals surface area (Å²) in [4.78, 5) is -0.0863. The van der Waals surface area contributed by atoms with Crippen molar-refractivity contribution < 1.29 is 4.39 Å². The summed E-state index contributed by atoms with van der Waals surface area (Å²) >= 11 is 10.4. The predicted molar refractivity (Wildman–Crippen MR) is 61.8 cm³/mol. The van der Waals surface area contributed by atoms with Gasteiger partial charge in [0.15, 0.2) is 0 Å². The largest absolute Gasteiger partial charge is 0.389 e. The third kappa shape index (κ3) is 2.75. The van der Waals surface area contributed by atoms with Gasteiger partial charge in [-0.2, -0.15) is 5.26 Å². The standard InChI is InChI=1S/C10H6ClFN2S/c11-8-2-1-3-9(12)7(8)4-6(5-13)10(14)15/h1-4H,(H2,14,15)/b6-4-. The Bertz CT molecular complexity index is 457. The van der Waals surface area contributed by atoms with Crippen molar-refractivity contribution in [1.82, 2.24) is 0 Å². The Labute approximate surface area is 96.8 Å². The molecular formula is C10H6ClFN2S. The van der Waals surface area contributed by atoms with Gasteiger partial charge in [0.05, 0.1) is 10.6 Å². The average Bonchev–Trinajstić information content (AvgIpc) is 2.17. The molecule has 0 aliphatic carbocycles. The third-order valence-electron chi connectivity index (χ3n) is 1.67. The van der Waals surface area contributed by atoms with Gasteiger partial charge in [0.1, 0.15) is 16.9 Å². The van der Waals surface area contributed by atoms with E-state index in [1.54, 1.807) is 6.07 Å². The maximum absolute atomic E-state index is 13.3. The lowest BCUT2D eigenvalue weighted by Crippen LogP contribution is -2.09. The van der Waals surface area contributed by atoms with Crippen molar-refractivity contribution in [3.05, 3.63) is 40.2 Å². The molecule has 0 fully saturated rings. The van der Waals surface area contributed by atoms with E-state index in [2.05, 4.69) is 12.2 Å². The Balaban J connectivity index is 3.30. The second kappa shape index (κ2) is 4.87. The van der Waals surface area contributed by atoms with Gasteiger partial charge in [-0.25, -0.2) is 4.39 Å². The fraction of sp³-hybridized carbons (Fsp3) is 0. The maximum atomic E-state index is 13.3. The summed E-state index contributed by atoms with van der Waals surface area (Å²) in [5.41, 5.74) is 5.41. The number of nitrogens with two attached hydrogens (primary N) is 1. The lowest BCUT2D eigenvalue weighted by atomic mass is 10.1. The van der Waals surface area contributed by atoms with Gasteiger partial charge in [-0.1, -0.05) is 29.9 Å². The molecule has 2 nitrogen and oxygen atoms in total. The fourth-order valence-electron chi connectivity index (χ4n) is 0.951. The molecule has 0 radical (unpaired) electrons. The highest BCUT2D eigenvalue weighted by atomic mass is 35.5. The molecule has 1 aromatic rings. The smallest absolute Gasteiger partial charge is 0.131 e. The van der Waals surface area contributed by atoms with Gasteiger partial charge in [0, 0.05) is 5.56 Å². The van der Waals surface area contributed by atoms with E-state index in [1.165, 1.54) is 24.3 Å². The average molecular weight is 241 g/mol. The summed E-state index contributed by atoms with van der Waals surface area (Å²) in [6, 6.07) is 6.01. The minimum absolute atomic E-state index is 0.0250. The van der Waals surface area contributed by atoms with Crippen molar-refractivity contribution in [2.24, 2.45) is 5.73 Å². The predicted octanol–water partition coefficient (Wildman–Crippen LogP) is 2.67. The van der Waals surface area contributed by atoms with E-state index in [0.717, 1.165) is 0 Å². The molecule has 0 aliphatic rings. The molecule has 15 heavy (non-hydrogen) atoms. The van der Waals surface area contributed by atoms with Crippen LogP contribution >= 0.6 is 23.8 Å². The van der Waals surface area contributed by atoms with E-state index in [0.29, 0.717) is 0 Å². The van der Waals surface area contributed by atoms with Gasteiger partial charge >= 0.3 is 0 Å². The van der Waals surface area contributed by atoms with Gasteiger partial charge in [-0.15, -0.1) is 0 Å². The Morgan fingerprint density at radius 1 is 1.60 bits per heavy atom. The van der Waals surface area contributed by atoms with Crippen LogP contribution in [-0.2, 0) is 0 Å². The summed E-state index contributed by atoms with van der Waals surface area (Å²) in [6.45, 7) is 0. The third-order valence-corrected chi connectivity index (χ3v) is 2.22. The van der Waals surface area contributed by atoms with Gasteiger partial charge in [-0.05, 0) is 18.2 Å². The molecule has 1 aromatic carbocycles. The second-order valence-corrected chi connectivity index (χ2v) is 3.52. The first kappa shape index (κ1) is 11.6. The molecule has 1 rings (SSSR count). The van der Waals surface area contributed by atoms with E-state index in [9.17, 15) is 4.39 Å². The minimum atomic E-state index is -0.522. The highest BCUT2D eigenvalue weighted by Crippen LogP contribution is 2.21. The van der Waals surface area contributed by atoms with Crippen LogP contribution < -0.4 is 5.73 Å². The zero-order valence-corrected chi connectivity index (χ0v) is 9.07. The van der Waals surface area contributed by atoms with E-state index < -0.39 is 5.82 Å². The van der Waals surface area contributed by atoms with Crippen LogP contribution in [0.15, 0.2) is 23.8 Å². The number of nitriles is 1. The number of thiocarbonyl (C=S) groups is 1. The fourth-order valence-corrected chi connectivity index (χ4v) is 1.27. The van der Waals surface area contributed by atoms with Crippen LogP contribution in [0.5, 0.6) is 0 Å². The molecule has 0 aromatic heterocycles. The molecule has 2 N–H and O–H groups in total. The van der Waals surface area contributed by atoms with Crippen LogP contribution in [0.4, 0.5) is 4.39 Å². The molecule has 5 heteroatoms. The van der Waals surface area contributed by atoms with Crippen LogP contribution in [0.25, 0.3) is 6.08 Å². The van der Waals surface area contributed by atoms with Crippen LogP contribution in [0, 0.1) is 17.1 Å². The molecular weight excluding hydrogens is 235 g/mol. The lowest BCUT2D eigenvalue weighted by molar-refractivity contribution is 0.625. The molecule has 0 atom stereocenters. The molecule has 76 valence electrons. The zero-order chi connectivity index (χ0) is 11.4. The van der Waals surface area contributed by atoms with Crippen molar-refractivity contribution >= 4 is 34.9 Å². The summed E-state index contributed by atoms with van der Waals surface area (Å²) in [5, 5.41) is 8.90. The minimum Gasteiger partial charge on any atom is -0.389 e. The van der Waals surface area contributed by atoms with E-state index in [1.807, 2.05) is 0 Å². The summed E-state index contributed by atoms with van der Waals surface area (Å²) in [7, 11) is 0. The zero-order valence-electron chi connectivity index (χ0n) is 7.50. The van der Waals surface area contributed by atoms with Gasteiger partial charge in [0.25, 0.3) is 0 Å². The number of benzene rings is 1. The normalized spacial score (nSPS) is 10.9. The lowest BCUT2D eigenvalue weighted by Gasteiger charge is -2.00. The number of halogens is 2. The summed E-state index contributed by atoms with van der Waals surface area (Å²) in [5.74, 6) is -0.522. The van der Waals surface area contributed by atoms with Gasteiger partial charge in [-0.3, -0.25) is 0 Å². The van der Waals surface area contributed by atoms with Crippen LogP contribution in [-0.4, -0.2) is 4.99 Å². The molecule has 0 heterocycles. The van der Waals surface area contributed by atoms with Crippen molar-refractivity contribution in [1.29, 1.82) is 5.26 Å². The molecule has 0 spiro atoms. The van der Waals surface area contributed by atoms with Gasteiger partial charge < -0.3 is 5.73 Å². The maximum Gasteiger partial charge on any atom is 0.131 e. The van der Waals surface area contributed by atoms with E-state index in [-0.39, 0.29) is 21.1 Å². The number of hydrogen-bond donors (Lipinski definition) is 1. The SMILES string of the molecule is N#C/C(=C/c1c(F)cccc1Cl)C(N)=S. The summed E-state index contributed by atoms with van der Waals surface area (Å²) < 4.78 is 13.3. The first-order chi connectivity index (χ1) is 7.06. The Kier molecular flexibility index (Phi) is 3.78. The number of nitrogens with zero attached hydrogens (tertiary/aromatic N) is 1. The van der Waals surface area contributed by atoms with Crippen molar-refractivity contribution in [2.75, 3.05) is 0 Å². The Morgan fingerprint density at radius 3 is 2.73 bits per heavy atom. The Morgan fingerprint density at radius 2 is 2.27 bits per heavy atom. The Hall–Kier alpha value is -1.44. The quantitative estimate of drug-likeness (QED) is 0.491. The second-order valence-electron chi connectivity index (χ2n) is 2.67. The van der Waals surface area contributed by atoms with Crippen molar-refractivity contribution in [3.63, 3.8) is 0 Å². The highest BCUT2D eigenvalue weighted by molar-refractivity contribution is 7.80. The van der Waals surface area contributed by atoms with Gasteiger partial charge in [0.2, 0.25) is 0 Å². The van der Waals surface area contributed by atoms with Crippen LogP contribution in [0.1, 0.15) is 5.56 Å². The van der Waals surface area contributed by atoms with Crippen molar-refractivity contribution in [2.45, 2.75) is 0 Å². The van der Waals surface area contributed by atoms with E-state index in [4.69, 9.17) is 22.6 Å². The molecule has 0 saturated heterocycles. The highest BCUT2D eigenvalue weighted by Gasteiger charge is 2.07. The molecule has 0 saturated carbocycles. The number of hydrogen-bond acceptors (Lipinski definition) is 2. The first-order valence-electron chi connectivity index (χ1n) is 3.92. The number of rotatable bonds is 2. The monoisotopic (exact) mass is 240 g/mol. The molecule has 0 bridgehead atoms. The van der Waals surface area contributed by atoms with Crippen LogP contribution in [0.3, 0.4) is 0 Å². The molecule has 0 amide bonds. The van der Waals surface area contributed by atoms with Crippen molar-refractivity contribution in [3.8, 4) is 6.07 Å². The topological polar surface area (TPSA) is 49.8 Å².